The van der Waals surface area contributed by atoms with E-state index in [9.17, 15) is 14.4 Å². The lowest BCUT2D eigenvalue weighted by Gasteiger charge is -2.48. The van der Waals surface area contributed by atoms with Gasteiger partial charge in [0.15, 0.2) is 0 Å². The molecule has 2 amide bonds. The van der Waals surface area contributed by atoms with Gasteiger partial charge in [-0.15, -0.1) is 11.8 Å². The second kappa shape index (κ2) is 4.66. The van der Waals surface area contributed by atoms with Crippen molar-refractivity contribution in [1.29, 1.82) is 0 Å². The van der Waals surface area contributed by atoms with Gasteiger partial charge in [-0.05, 0) is 20.8 Å². The van der Waals surface area contributed by atoms with Gasteiger partial charge in [0.2, 0.25) is 0 Å². The molecule has 1 fully saturated rings. The van der Waals surface area contributed by atoms with E-state index in [4.69, 9.17) is 9.47 Å². The van der Waals surface area contributed by atoms with E-state index in [1.165, 1.54) is 16.7 Å². The summed E-state index contributed by atoms with van der Waals surface area (Å²) in [4.78, 5) is 37.0. The van der Waals surface area contributed by atoms with Crippen LogP contribution in [-0.4, -0.2) is 52.2 Å². The molecular weight excluding hydrogens is 296 g/mol. The number of carbonyl (C=O) groups excluding carboxylic acids is 3. The second-order valence-electron chi connectivity index (χ2n) is 6.06. The Bertz CT molecular complexity index is 565. The zero-order chi connectivity index (χ0) is 15.4. The third-order valence-electron chi connectivity index (χ3n) is 3.29. The van der Waals surface area contributed by atoms with Gasteiger partial charge >= 0.3 is 12.1 Å². The second-order valence-corrected chi connectivity index (χ2v) is 7.17. The van der Waals surface area contributed by atoms with Gasteiger partial charge in [0.05, 0.1) is 0 Å². The van der Waals surface area contributed by atoms with Crippen LogP contribution in [0.1, 0.15) is 20.8 Å². The molecule has 1 saturated heterocycles. The number of cyclic esters (lactones) is 1. The topological polar surface area (TPSA) is 84.9 Å². The van der Waals surface area contributed by atoms with Gasteiger partial charge in [0, 0.05) is 11.3 Å². The molecule has 3 aliphatic rings. The Balaban J connectivity index is 1.69. The van der Waals surface area contributed by atoms with Gasteiger partial charge in [-0.2, -0.15) is 0 Å². The first kappa shape index (κ1) is 14.2. The van der Waals surface area contributed by atoms with Crippen LogP contribution in [-0.2, 0) is 19.1 Å². The van der Waals surface area contributed by atoms with Crippen LogP contribution in [0.3, 0.4) is 0 Å². The van der Waals surface area contributed by atoms with Crippen molar-refractivity contribution < 1.29 is 23.9 Å². The maximum atomic E-state index is 12.2. The summed E-state index contributed by atoms with van der Waals surface area (Å²) in [6.45, 7) is 5.51. The number of hydrogen-bond acceptors (Lipinski definition) is 6. The summed E-state index contributed by atoms with van der Waals surface area (Å²) >= 11 is 1.51. The summed E-state index contributed by atoms with van der Waals surface area (Å²) in [5.41, 5.74) is 0.567. The first-order valence-corrected chi connectivity index (χ1v) is 7.66. The monoisotopic (exact) mass is 312 g/mol. The van der Waals surface area contributed by atoms with E-state index in [0.717, 1.165) is 5.57 Å². The van der Waals surface area contributed by atoms with Crippen molar-refractivity contribution in [2.75, 3.05) is 12.4 Å². The molecule has 0 aromatic carbocycles. The number of esters is 1. The summed E-state index contributed by atoms with van der Waals surface area (Å²) < 4.78 is 10.1. The average Bonchev–Trinajstić information content (AvgIpc) is 2.74. The largest absolute Gasteiger partial charge is 0.456 e. The molecule has 3 heterocycles. The van der Waals surface area contributed by atoms with Crippen LogP contribution in [0.25, 0.3) is 0 Å². The minimum Gasteiger partial charge on any atom is -0.456 e. The van der Waals surface area contributed by atoms with Gasteiger partial charge in [0.1, 0.15) is 29.3 Å². The van der Waals surface area contributed by atoms with E-state index in [1.54, 1.807) is 20.8 Å². The Morgan fingerprint density at radius 3 is 2.81 bits per heavy atom. The van der Waals surface area contributed by atoms with E-state index in [1.807, 2.05) is 0 Å². The number of fused-ring (bicyclic) bond motifs is 2. The number of nitrogens with zero attached hydrogens (tertiary/aromatic N) is 1. The molecule has 0 aromatic rings. The van der Waals surface area contributed by atoms with Gasteiger partial charge in [0.25, 0.3) is 5.91 Å². The number of rotatable bonds is 1. The van der Waals surface area contributed by atoms with Crippen molar-refractivity contribution in [2.24, 2.45) is 0 Å². The molecule has 0 aromatic heterocycles. The van der Waals surface area contributed by atoms with Gasteiger partial charge < -0.3 is 14.8 Å². The third-order valence-corrected chi connectivity index (χ3v) is 4.63. The first-order chi connectivity index (χ1) is 9.78. The third kappa shape index (κ3) is 2.37. The maximum Gasteiger partial charge on any atom is 0.408 e. The molecule has 0 bridgehead atoms. The molecule has 0 aliphatic carbocycles. The minimum atomic E-state index is -0.660. The van der Waals surface area contributed by atoms with E-state index >= 15 is 0 Å². The number of carbonyl (C=O) groups is 3. The van der Waals surface area contributed by atoms with Gasteiger partial charge in [-0.3, -0.25) is 9.69 Å². The quantitative estimate of drug-likeness (QED) is 0.564. The van der Waals surface area contributed by atoms with E-state index in [-0.39, 0.29) is 17.9 Å². The summed E-state index contributed by atoms with van der Waals surface area (Å²) in [5, 5.41) is 2.30. The fourth-order valence-electron chi connectivity index (χ4n) is 2.44. The zero-order valence-corrected chi connectivity index (χ0v) is 12.8. The summed E-state index contributed by atoms with van der Waals surface area (Å²) in [6.07, 6.45) is -0.630. The smallest absolute Gasteiger partial charge is 0.408 e. The minimum absolute atomic E-state index is 0.252. The lowest BCUT2D eigenvalue weighted by atomic mass is 10.0. The lowest BCUT2D eigenvalue weighted by Crippen LogP contribution is -2.70. The van der Waals surface area contributed by atoms with Crippen molar-refractivity contribution in [3.63, 3.8) is 0 Å². The van der Waals surface area contributed by atoms with Crippen molar-refractivity contribution in [3.05, 3.63) is 11.3 Å². The molecule has 7 nitrogen and oxygen atoms in total. The molecule has 1 N–H and O–H groups in total. The predicted octanol–water partition coefficient (Wildman–Crippen LogP) is 0.606. The van der Waals surface area contributed by atoms with E-state index < -0.39 is 23.7 Å². The standard InChI is InChI=1S/C13H16N2O5S/c1-13(2,3)20-12(18)14-7-9(16)15-8-6(4-19-11(8)17)5-21-10(7)15/h7,10H,4-5H2,1-3H3,(H,14,18). The summed E-state index contributed by atoms with van der Waals surface area (Å²) in [7, 11) is 0. The van der Waals surface area contributed by atoms with Crippen molar-refractivity contribution in [1.82, 2.24) is 10.2 Å². The Kier molecular flexibility index (Phi) is 3.16. The summed E-state index contributed by atoms with van der Waals surface area (Å²) in [6, 6.07) is -0.660. The molecule has 0 spiro atoms. The Morgan fingerprint density at radius 1 is 1.43 bits per heavy atom. The fourth-order valence-corrected chi connectivity index (χ4v) is 3.77. The Morgan fingerprint density at radius 2 is 2.14 bits per heavy atom. The van der Waals surface area contributed by atoms with Crippen LogP contribution in [0.4, 0.5) is 4.79 Å². The predicted molar refractivity (Wildman–Crippen MR) is 74.2 cm³/mol. The van der Waals surface area contributed by atoms with Crippen LogP contribution in [0.2, 0.25) is 0 Å². The van der Waals surface area contributed by atoms with E-state index in [2.05, 4.69) is 5.32 Å². The highest BCUT2D eigenvalue weighted by atomic mass is 32.2. The van der Waals surface area contributed by atoms with Crippen LogP contribution in [0.5, 0.6) is 0 Å². The van der Waals surface area contributed by atoms with Crippen molar-refractivity contribution in [2.45, 2.75) is 37.8 Å². The fraction of sp³-hybridized carbons (Fsp3) is 0.615. The molecule has 3 rings (SSSR count). The van der Waals surface area contributed by atoms with Crippen LogP contribution >= 0.6 is 11.8 Å². The molecular formula is C13H16N2O5S. The highest BCUT2D eigenvalue weighted by Crippen LogP contribution is 2.42. The van der Waals surface area contributed by atoms with Crippen LogP contribution in [0, 0.1) is 0 Å². The normalized spacial score (nSPS) is 27.7. The number of amides is 2. The maximum absolute atomic E-state index is 12.2. The number of alkyl carbamates (subject to hydrolysis) is 1. The van der Waals surface area contributed by atoms with Crippen LogP contribution < -0.4 is 5.32 Å². The highest BCUT2D eigenvalue weighted by molar-refractivity contribution is 8.00. The van der Waals surface area contributed by atoms with Gasteiger partial charge in [-0.1, -0.05) is 0 Å². The highest BCUT2D eigenvalue weighted by Gasteiger charge is 2.55. The molecule has 21 heavy (non-hydrogen) atoms. The molecule has 0 radical (unpaired) electrons. The SMILES string of the molecule is CC(C)(C)OC(=O)NC1C(=O)N2C3=C(COC3=O)CSC12. The molecule has 2 atom stereocenters. The molecule has 3 aliphatic heterocycles. The average molecular weight is 312 g/mol. The van der Waals surface area contributed by atoms with Crippen molar-refractivity contribution >= 4 is 29.7 Å². The Labute approximate surface area is 126 Å². The number of ether oxygens (including phenoxy) is 2. The number of thioether (sulfide) groups is 1. The number of β-lactam (4-membered cyclic amide) rings is 1. The first-order valence-electron chi connectivity index (χ1n) is 6.61. The number of nitrogens with one attached hydrogen (secondary N) is 1. The van der Waals surface area contributed by atoms with Gasteiger partial charge in [-0.25, -0.2) is 9.59 Å². The zero-order valence-electron chi connectivity index (χ0n) is 12.0. The Hall–Kier alpha value is -1.70. The molecule has 114 valence electrons. The lowest BCUT2D eigenvalue weighted by molar-refractivity contribution is -0.149. The molecule has 0 saturated carbocycles. The molecule has 8 heteroatoms. The number of hydrogen-bond donors (Lipinski definition) is 1. The van der Waals surface area contributed by atoms with Crippen molar-refractivity contribution in [3.8, 4) is 0 Å². The van der Waals surface area contributed by atoms with E-state index in [0.29, 0.717) is 11.4 Å². The molecule has 2 unspecified atom stereocenters. The van der Waals surface area contributed by atoms with Crippen LogP contribution in [0.15, 0.2) is 11.3 Å². The summed E-state index contributed by atoms with van der Waals surface area (Å²) in [5.74, 6) is -0.133.